The van der Waals surface area contributed by atoms with Gasteiger partial charge in [0.15, 0.2) is 5.78 Å². The van der Waals surface area contributed by atoms with Gasteiger partial charge in [-0.25, -0.2) is 0 Å². The highest BCUT2D eigenvalue weighted by Crippen LogP contribution is 2.37. The summed E-state index contributed by atoms with van der Waals surface area (Å²) in [6, 6.07) is 10.6. The molecule has 3 heteroatoms. The summed E-state index contributed by atoms with van der Waals surface area (Å²) in [6.45, 7) is 2.92. The molecule has 3 atom stereocenters. The molecule has 1 aromatic rings. The quantitative estimate of drug-likeness (QED) is 0.772. The lowest BCUT2D eigenvalue weighted by molar-refractivity contribution is -0.175. The van der Waals surface area contributed by atoms with Crippen LogP contribution < -0.4 is 0 Å². The first-order chi connectivity index (χ1) is 10.8. The SMILES string of the molecule is CCC/C=C/[C@H]1[C@H]2CCCC(=O)[C@H]2ON1Cc1ccccc1. The van der Waals surface area contributed by atoms with Crippen molar-refractivity contribution in [3.05, 3.63) is 48.0 Å². The summed E-state index contributed by atoms with van der Waals surface area (Å²) < 4.78 is 0. The molecule has 0 aromatic heterocycles. The van der Waals surface area contributed by atoms with Crippen molar-refractivity contribution >= 4 is 5.78 Å². The minimum atomic E-state index is -0.228. The summed E-state index contributed by atoms with van der Waals surface area (Å²) in [5.74, 6) is 0.596. The first-order valence-corrected chi connectivity index (χ1v) is 8.46. The second kappa shape index (κ2) is 7.21. The highest BCUT2D eigenvalue weighted by Gasteiger charge is 2.46. The fraction of sp³-hybridized carbons (Fsp3) is 0.526. The van der Waals surface area contributed by atoms with Gasteiger partial charge in [-0.1, -0.05) is 55.8 Å². The number of ketones is 1. The lowest BCUT2D eigenvalue weighted by Crippen LogP contribution is -2.34. The molecule has 0 radical (unpaired) electrons. The van der Waals surface area contributed by atoms with E-state index in [1.807, 2.05) is 23.3 Å². The zero-order chi connectivity index (χ0) is 15.4. The first-order valence-electron chi connectivity index (χ1n) is 8.46. The number of rotatable bonds is 5. The smallest absolute Gasteiger partial charge is 0.164 e. The maximum absolute atomic E-state index is 12.2. The van der Waals surface area contributed by atoms with E-state index in [2.05, 4.69) is 31.2 Å². The Hall–Kier alpha value is -1.45. The molecular formula is C19H25NO2. The van der Waals surface area contributed by atoms with Crippen LogP contribution in [0.1, 0.15) is 44.6 Å². The number of carbonyl (C=O) groups excluding carboxylic acids is 1. The van der Waals surface area contributed by atoms with Crippen LogP contribution in [0.4, 0.5) is 0 Å². The van der Waals surface area contributed by atoms with E-state index in [9.17, 15) is 4.79 Å². The maximum Gasteiger partial charge on any atom is 0.164 e. The zero-order valence-electron chi connectivity index (χ0n) is 13.3. The Labute approximate surface area is 132 Å². The molecule has 1 aliphatic carbocycles. The van der Waals surface area contributed by atoms with Crippen LogP contribution in [0, 0.1) is 5.92 Å². The molecule has 3 rings (SSSR count). The van der Waals surface area contributed by atoms with Gasteiger partial charge in [-0.15, -0.1) is 0 Å². The third-order valence-corrected chi connectivity index (χ3v) is 4.66. The van der Waals surface area contributed by atoms with E-state index in [0.29, 0.717) is 12.3 Å². The van der Waals surface area contributed by atoms with E-state index in [1.54, 1.807) is 0 Å². The highest BCUT2D eigenvalue weighted by atomic mass is 16.7. The molecule has 0 spiro atoms. The van der Waals surface area contributed by atoms with Crippen LogP contribution in [0.5, 0.6) is 0 Å². The van der Waals surface area contributed by atoms with Crippen molar-refractivity contribution in [3.63, 3.8) is 0 Å². The molecule has 1 aliphatic heterocycles. The minimum absolute atomic E-state index is 0.223. The summed E-state index contributed by atoms with van der Waals surface area (Å²) in [4.78, 5) is 18.2. The molecule has 1 saturated carbocycles. The van der Waals surface area contributed by atoms with Crippen molar-refractivity contribution in [2.75, 3.05) is 0 Å². The average molecular weight is 299 g/mol. The molecule has 2 aliphatic rings. The van der Waals surface area contributed by atoms with Crippen LogP contribution in [-0.4, -0.2) is 23.0 Å². The zero-order valence-corrected chi connectivity index (χ0v) is 13.3. The van der Waals surface area contributed by atoms with Crippen LogP contribution in [0.15, 0.2) is 42.5 Å². The topological polar surface area (TPSA) is 29.5 Å². The Bertz CT molecular complexity index is 525. The van der Waals surface area contributed by atoms with Gasteiger partial charge >= 0.3 is 0 Å². The fourth-order valence-corrected chi connectivity index (χ4v) is 3.51. The van der Waals surface area contributed by atoms with Gasteiger partial charge < -0.3 is 0 Å². The second-order valence-corrected chi connectivity index (χ2v) is 6.32. The summed E-state index contributed by atoms with van der Waals surface area (Å²) in [5.41, 5.74) is 1.22. The molecule has 0 unspecified atom stereocenters. The molecule has 22 heavy (non-hydrogen) atoms. The summed E-state index contributed by atoms with van der Waals surface area (Å²) in [6.07, 6.45) is 9.27. The van der Waals surface area contributed by atoms with Gasteiger partial charge in [-0.2, -0.15) is 5.06 Å². The Kier molecular flexibility index (Phi) is 5.06. The monoisotopic (exact) mass is 299 g/mol. The Morgan fingerprint density at radius 3 is 2.91 bits per heavy atom. The summed E-state index contributed by atoms with van der Waals surface area (Å²) in [5, 5.41) is 2.03. The number of benzene rings is 1. The van der Waals surface area contributed by atoms with Gasteiger partial charge in [-0.05, 0) is 24.8 Å². The molecule has 0 amide bonds. The number of hydrogen-bond donors (Lipinski definition) is 0. The van der Waals surface area contributed by atoms with E-state index >= 15 is 0 Å². The van der Waals surface area contributed by atoms with Crippen LogP contribution in [0.25, 0.3) is 0 Å². The van der Waals surface area contributed by atoms with Crippen molar-refractivity contribution in [2.45, 2.75) is 57.7 Å². The van der Waals surface area contributed by atoms with E-state index in [1.165, 1.54) is 5.56 Å². The summed E-state index contributed by atoms with van der Waals surface area (Å²) >= 11 is 0. The number of fused-ring (bicyclic) bond motifs is 1. The Balaban J connectivity index is 1.78. The van der Waals surface area contributed by atoms with Crippen LogP contribution in [0.3, 0.4) is 0 Å². The second-order valence-electron chi connectivity index (χ2n) is 6.32. The van der Waals surface area contributed by atoms with Crippen molar-refractivity contribution < 1.29 is 9.63 Å². The van der Waals surface area contributed by atoms with Crippen molar-refractivity contribution in [2.24, 2.45) is 5.92 Å². The predicted molar refractivity (Wildman–Crippen MR) is 87.0 cm³/mol. The fourth-order valence-electron chi connectivity index (χ4n) is 3.51. The van der Waals surface area contributed by atoms with Gasteiger partial charge in [0.2, 0.25) is 0 Å². The Morgan fingerprint density at radius 1 is 1.32 bits per heavy atom. The van der Waals surface area contributed by atoms with Crippen LogP contribution in [0.2, 0.25) is 0 Å². The number of nitrogens with zero attached hydrogens (tertiary/aromatic N) is 1. The molecule has 2 fully saturated rings. The van der Waals surface area contributed by atoms with E-state index < -0.39 is 0 Å². The third-order valence-electron chi connectivity index (χ3n) is 4.66. The average Bonchev–Trinajstić information content (AvgIpc) is 2.88. The van der Waals surface area contributed by atoms with Crippen molar-refractivity contribution in [1.29, 1.82) is 0 Å². The standard InChI is InChI=1S/C19H25NO2/c1-2-3-5-12-17-16-11-8-13-18(21)19(16)22-20(17)14-15-9-6-4-7-10-15/h4-7,9-10,12,16-17,19H,2-3,8,11,13-14H2,1H3/b12-5+/t16-,17+,19+/m1/s1. The summed E-state index contributed by atoms with van der Waals surface area (Å²) in [7, 11) is 0. The van der Waals surface area contributed by atoms with Gasteiger partial charge in [0, 0.05) is 18.9 Å². The number of hydroxylamine groups is 2. The van der Waals surface area contributed by atoms with E-state index in [0.717, 1.165) is 32.2 Å². The molecule has 118 valence electrons. The molecule has 0 N–H and O–H groups in total. The lowest BCUT2D eigenvalue weighted by Gasteiger charge is -2.24. The number of unbranched alkanes of at least 4 members (excludes halogenated alkanes) is 1. The van der Waals surface area contributed by atoms with E-state index in [-0.39, 0.29) is 17.9 Å². The van der Waals surface area contributed by atoms with E-state index in [4.69, 9.17) is 4.84 Å². The van der Waals surface area contributed by atoms with Gasteiger partial charge in [-0.3, -0.25) is 9.63 Å². The van der Waals surface area contributed by atoms with Crippen molar-refractivity contribution in [3.8, 4) is 0 Å². The Morgan fingerprint density at radius 2 is 2.14 bits per heavy atom. The normalized spacial score (nSPS) is 29.1. The largest absolute Gasteiger partial charge is 0.297 e. The number of hydrogen-bond acceptors (Lipinski definition) is 3. The minimum Gasteiger partial charge on any atom is -0.297 e. The number of Topliss-reactive ketones (excluding diaryl/α,β-unsaturated/α-hetero) is 1. The molecule has 0 bridgehead atoms. The third kappa shape index (κ3) is 3.31. The highest BCUT2D eigenvalue weighted by molar-refractivity contribution is 5.84. The molecule has 1 aromatic carbocycles. The van der Waals surface area contributed by atoms with Gasteiger partial charge in [0.25, 0.3) is 0 Å². The number of carbonyl (C=O) groups is 1. The molecule has 1 saturated heterocycles. The molecular weight excluding hydrogens is 274 g/mol. The van der Waals surface area contributed by atoms with Gasteiger partial charge in [0.1, 0.15) is 6.10 Å². The molecule has 3 nitrogen and oxygen atoms in total. The van der Waals surface area contributed by atoms with Crippen LogP contribution >= 0.6 is 0 Å². The van der Waals surface area contributed by atoms with Crippen molar-refractivity contribution in [1.82, 2.24) is 5.06 Å². The maximum atomic E-state index is 12.2. The predicted octanol–water partition coefficient (Wildman–Crippen LogP) is 3.90. The van der Waals surface area contributed by atoms with Crippen LogP contribution in [-0.2, 0) is 16.2 Å². The first kappa shape index (κ1) is 15.4. The lowest BCUT2D eigenvalue weighted by atomic mass is 9.81. The number of allylic oxidation sites excluding steroid dienone is 1. The molecule has 1 heterocycles. The van der Waals surface area contributed by atoms with Gasteiger partial charge in [0.05, 0.1) is 6.04 Å².